The van der Waals surface area contributed by atoms with Gasteiger partial charge in [0.15, 0.2) is 0 Å². The Labute approximate surface area is 97.0 Å². The number of rotatable bonds is 2. The lowest BCUT2D eigenvalue weighted by Crippen LogP contribution is -2.36. The zero-order valence-corrected chi connectivity index (χ0v) is 10.2. The van der Waals surface area contributed by atoms with Gasteiger partial charge >= 0.3 is 0 Å². The van der Waals surface area contributed by atoms with Crippen LogP contribution in [0.2, 0.25) is 5.02 Å². The van der Waals surface area contributed by atoms with Crippen LogP contribution in [0, 0.1) is 0 Å². The van der Waals surface area contributed by atoms with E-state index in [2.05, 4.69) is 30.9 Å². The van der Waals surface area contributed by atoms with Crippen molar-refractivity contribution in [3.05, 3.63) is 28.8 Å². The van der Waals surface area contributed by atoms with E-state index in [0.717, 1.165) is 5.02 Å². The quantitative estimate of drug-likeness (QED) is 0.735. The van der Waals surface area contributed by atoms with Crippen LogP contribution in [0.4, 0.5) is 5.69 Å². The van der Waals surface area contributed by atoms with Gasteiger partial charge in [0.25, 0.3) is 0 Å². The summed E-state index contributed by atoms with van der Waals surface area (Å²) in [4.78, 5) is 2.51. The Hall–Kier alpha value is -0.690. The summed E-state index contributed by atoms with van der Waals surface area (Å²) in [6, 6.07) is 6.92. The maximum absolute atomic E-state index is 6.02. The van der Waals surface area contributed by atoms with Gasteiger partial charge < -0.3 is 4.90 Å². The van der Waals surface area contributed by atoms with Crippen LogP contribution in [-0.4, -0.2) is 12.6 Å². The molecule has 1 aliphatic heterocycles. The van der Waals surface area contributed by atoms with E-state index >= 15 is 0 Å². The van der Waals surface area contributed by atoms with Crippen LogP contribution in [0.15, 0.2) is 18.2 Å². The fourth-order valence-electron chi connectivity index (χ4n) is 2.27. The Morgan fingerprint density at radius 3 is 3.00 bits per heavy atom. The predicted octanol–water partition coefficient (Wildman–Crippen LogP) is 3.89. The molecule has 0 saturated heterocycles. The van der Waals surface area contributed by atoms with E-state index in [9.17, 15) is 0 Å². The third-order valence-corrected chi connectivity index (χ3v) is 3.55. The normalized spacial score (nSPS) is 17.4. The molecular weight excluding hydrogens is 206 g/mol. The summed E-state index contributed by atoms with van der Waals surface area (Å²) in [6.07, 6.45) is 3.61. The van der Waals surface area contributed by atoms with Gasteiger partial charge in [-0.2, -0.15) is 0 Å². The molecule has 82 valence electrons. The predicted molar refractivity (Wildman–Crippen MR) is 66.9 cm³/mol. The molecule has 1 aromatic carbocycles. The second-order valence-electron chi connectivity index (χ2n) is 4.33. The topological polar surface area (TPSA) is 3.24 Å². The molecule has 2 heteroatoms. The minimum absolute atomic E-state index is 0.630. The molecule has 1 unspecified atom stereocenters. The van der Waals surface area contributed by atoms with Crippen molar-refractivity contribution in [2.45, 2.75) is 39.2 Å². The summed E-state index contributed by atoms with van der Waals surface area (Å²) in [7, 11) is 0. The van der Waals surface area contributed by atoms with Crippen LogP contribution in [-0.2, 0) is 6.42 Å². The Kier molecular flexibility index (Phi) is 3.20. The van der Waals surface area contributed by atoms with Gasteiger partial charge in [0, 0.05) is 23.3 Å². The van der Waals surface area contributed by atoms with Crippen LogP contribution >= 0.6 is 11.6 Å². The summed E-state index contributed by atoms with van der Waals surface area (Å²) in [6.45, 7) is 5.72. The van der Waals surface area contributed by atoms with Gasteiger partial charge in [-0.05, 0) is 49.9 Å². The average Bonchev–Trinajstić information content (AvgIpc) is 2.26. The molecule has 0 bridgehead atoms. The maximum Gasteiger partial charge on any atom is 0.0410 e. The van der Waals surface area contributed by atoms with Crippen LogP contribution < -0.4 is 4.90 Å². The Bertz CT molecular complexity index is 348. The van der Waals surface area contributed by atoms with Gasteiger partial charge in [-0.15, -0.1) is 0 Å². The van der Waals surface area contributed by atoms with Crippen LogP contribution in [0.1, 0.15) is 32.3 Å². The van der Waals surface area contributed by atoms with Gasteiger partial charge in [0.2, 0.25) is 0 Å². The molecular formula is C13H18ClN. The molecule has 1 atom stereocenters. The van der Waals surface area contributed by atoms with E-state index in [-0.39, 0.29) is 0 Å². The van der Waals surface area contributed by atoms with Gasteiger partial charge in [-0.25, -0.2) is 0 Å². The lowest BCUT2D eigenvalue weighted by atomic mass is 10.00. The highest BCUT2D eigenvalue weighted by molar-refractivity contribution is 6.30. The van der Waals surface area contributed by atoms with Crippen molar-refractivity contribution >= 4 is 17.3 Å². The van der Waals surface area contributed by atoms with Gasteiger partial charge in [0.1, 0.15) is 0 Å². The molecule has 1 heterocycles. The largest absolute Gasteiger partial charge is 0.369 e. The fourth-order valence-corrected chi connectivity index (χ4v) is 2.47. The first kappa shape index (κ1) is 10.8. The first-order chi connectivity index (χ1) is 7.22. The minimum atomic E-state index is 0.630. The van der Waals surface area contributed by atoms with Crippen LogP contribution in [0.25, 0.3) is 0 Å². The lowest BCUT2D eigenvalue weighted by molar-refractivity contribution is 0.580. The molecule has 0 spiro atoms. The third-order valence-electron chi connectivity index (χ3n) is 3.32. The summed E-state index contributed by atoms with van der Waals surface area (Å²) in [5.74, 6) is 0. The molecule has 0 aromatic heterocycles. The van der Waals surface area contributed by atoms with E-state index in [4.69, 9.17) is 11.6 Å². The van der Waals surface area contributed by atoms with Crippen molar-refractivity contribution in [3.63, 3.8) is 0 Å². The van der Waals surface area contributed by atoms with Gasteiger partial charge in [-0.3, -0.25) is 0 Å². The van der Waals surface area contributed by atoms with Crippen molar-refractivity contribution in [2.24, 2.45) is 0 Å². The molecule has 15 heavy (non-hydrogen) atoms. The first-order valence-electron chi connectivity index (χ1n) is 5.77. The van der Waals surface area contributed by atoms with E-state index in [0.29, 0.717) is 6.04 Å². The Morgan fingerprint density at radius 2 is 2.27 bits per heavy atom. The standard InChI is InChI=1S/C13H18ClN/c1-3-10(2)15-8-4-5-11-9-12(14)6-7-13(11)15/h6-7,9-10H,3-5,8H2,1-2H3. The molecule has 0 aliphatic carbocycles. The SMILES string of the molecule is CCC(C)N1CCCc2cc(Cl)ccc21. The third kappa shape index (κ3) is 2.12. The maximum atomic E-state index is 6.02. The number of anilines is 1. The molecule has 0 N–H and O–H groups in total. The number of hydrogen-bond acceptors (Lipinski definition) is 1. The van der Waals surface area contributed by atoms with Crippen molar-refractivity contribution in [2.75, 3.05) is 11.4 Å². The van der Waals surface area contributed by atoms with E-state index in [1.54, 1.807) is 0 Å². The van der Waals surface area contributed by atoms with Crippen LogP contribution in [0.3, 0.4) is 0 Å². The highest BCUT2D eigenvalue weighted by Gasteiger charge is 2.20. The van der Waals surface area contributed by atoms with E-state index in [1.165, 1.54) is 37.1 Å². The first-order valence-corrected chi connectivity index (χ1v) is 6.15. The molecule has 0 saturated carbocycles. The lowest BCUT2D eigenvalue weighted by Gasteiger charge is -2.36. The second-order valence-corrected chi connectivity index (χ2v) is 4.76. The van der Waals surface area contributed by atoms with Crippen LogP contribution in [0.5, 0.6) is 0 Å². The molecule has 1 aliphatic rings. The minimum Gasteiger partial charge on any atom is -0.369 e. The van der Waals surface area contributed by atoms with Gasteiger partial charge in [-0.1, -0.05) is 18.5 Å². The molecule has 0 amide bonds. The number of fused-ring (bicyclic) bond motifs is 1. The second kappa shape index (κ2) is 4.44. The van der Waals surface area contributed by atoms with E-state index in [1.807, 2.05) is 6.07 Å². The van der Waals surface area contributed by atoms with Crippen molar-refractivity contribution < 1.29 is 0 Å². The number of benzene rings is 1. The summed E-state index contributed by atoms with van der Waals surface area (Å²) >= 11 is 6.02. The van der Waals surface area contributed by atoms with Crippen molar-refractivity contribution in [1.82, 2.24) is 0 Å². The molecule has 2 rings (SSSR count). The molecule has 0 fully saturated rings. The molecule has 1 aromatic rings. The molecule has 1 nitrogen and oxygen atoms in total. The smallest absolute Gasteiger partial charge is 0.0410 e. The monoisotopic (exact) mass is 223 g/mol. The summed E-state index contributed by atoms with van der Waals surface area (Å²) < 4.78 is 0. The summed E-state index contributed by atoms with van der Waals surface area (Å²) in [5.41, 5.74) is 2.80. The zero-order chi connectivity index (χ0) is 10.8. The highest BCUT2D eigenvalue weighted by Crippen LogP contribution is 2.31. The number of hydrogen-bond donors (Lipinski definition) is 0. The summed E-state index contributed by atoms with van der Waals surface area (Å²) in [5, 5.41) is 0.861. The van der Waals surface area contributed by atoms with Crippen molar-refractivity contribution in [3.8, 4) is 0 Å². The van der Waals surface area contributed by atoms with Crippen molar-refractivity contribution in [1.29, 1.82) is 0 Å². The van der Waals surface area contributed by atoms with E-state index < -0.39 is 0 Å². The average molecular weight is 224 g/mol. The number of nitrogens with zero attached hydrogens (tertiary/aromatic N) is 1. The Morgan fingerprint density at radius 1 is 1.47 bits per heavy atom. The zero-order valence-electron chi connectivity index (χ0n) is 9.46. The van der Waals surface area contributed by atoms with Gasteiger partial charge in [0.05, 0.1) is 0 Å². The fraction of sp³-hybridized carbons (Fsp3) is 0.538. The number of halogens is 1. The molecule has 0 radical (unpaired) electrons. The Balaban J connectivity index is 2.34. The highest BCUT2D eigenvalue weighted by atomic mass is 35.5. The number of aryl methyl sites for hydroxylation is 1.